The van der Waals surface area contributed by atoms with Gasteiger partial charge in [0, 0.05) is 31.1 Å². The molecule has 1 aromatic heterocycles. The number of primary amides is 1. The van der Waals surface area contributed by atoms with Crippen molar-refractivity contribution in [3.63, 3.8) is 0 Å². The van der Waals surface area contributed by atoms with E-state index in [4.69, 9.17) is 9.84 Å². The number of rotatable bonds is 6. The summed E-state index contributed by atoms with van der Waals surface area (Å²) in [6, 6.07) is 16.2. The third-order valence-electron chi connectivity index (χ3n) is 4.89. The molecule has 2 amide bonds. The number of para-hydroxylation sites is 1. The Morgan fingerprint density at radius 1 is 1.29 bits per heavy atom. The van der Waals surface area contributed by atoms with Crippen LogP contribution in [0.15, 0.2) is 54.7 Å². The van der Waals surface area contributed by atoms with E-state index >= 15 is 0 Å². The van der Waals surface area contributed by atoms with E-state index in [0.29, 0.717) is 20.0 Å². The molecule has 1 saturated heterocycles. The van der Waals surface area contributed by atoms with E-state index in [1.54, 1.807) is 13.3 Å². The summed E-state index contributed by atoms with van der Waals surface area (Å²) in [7, 11) is 4.53. The fraction of sp³-hybridized carbons (Fsp3) is 0.423. The Morgan fingerprint density at radius 2 is 1.92 bits per heavy atom. The lowest BCUT2D eigenvalue weighted by Crippen LogP contribution is -2.31. The summed E-state index contributed by atoms with van der Waals surface area (Å²) >= 11 is 0. The molecule has 1 atom stereocenters. The van der Waals surface area contributed by atoms with Crippen LogP contribution in [0, 0.1) is 0 Å². The molecule has 4 rings (SSSR count). The van der Waals surface area contributed by atoms with Gasteiger partial charge in [0.15, 0.2) is 0 Å². The fourth-order valence-corrected chi connectivity index (χ4v) is 2.94. The quantitative estimate of drug-likeness (QED) is 0.304. The molecule has 1 fully saturated rings. The third kappa shape index (κ3) is 14.2. The molecule has 0 spiro atoms. The first-order valence-electron chi connectivity index (χ1n) is 11.9. The van der Waals surface area contributed by atoms with Gasteiger partial charge in [-0.25, -0.2) is 0 Å². The lowest BCUT2D eigenvalue weighted by atomic mass is 10.2. The van der Waals surface area contributed by atoms with Crippen molar-refractivity contribution in [3.05, 3.63) is 54.7 Å². The van der Waals surface area contributed by atoms with Gasteiger partial charge in [0.05, 0.1) is 25.5 Å². The predicted molar refractivity (Wildman–Crippen MR) is 146 cm³/mol. The number of nitrogens with one attached hydrogen (secondary N) is 3. The van der Waals surface area contributed by atoms with Gasteiger partial charge in [-0.2, -0.15) is 13.9 Å². The summed E-state index contributed by atoms with van der Waals surface area (Å²) in [4.78, 5) is 19.8. The summed E-state index contributed by atoms with van der Waals surface area (Å²) in [5.74, 6) is -4.04. The second-order valence-electron chi connectivity index (χ2n) is 7.96. The summed E-state index contributed by atoms with van der Waals surface area (Å²) in [6.07, 6.45) is 5.20. The van der Waals surface area contributed by atoms with Crippen molar-refractivity contribution < 1.29 is 28.2 Å². The average molecular weight is 539 g/mol. The average Bonchev–Trinajstić information content (AvgIpc) is 3.55. The lowest BCUT2D eigenvalue weighted by Gasteiger charge is -2.02. The number of ether oxygens (including phenoxy) is 1. The van der Waals surface area contributed by atoms with Gasteiger partial charge in [-0.3, -0.25) is 14.3 Å². The number of methoxy groups -OCH3 is 1. The van der Waals surface area contributed by atoms with E-state index in [9.17, 15) is 18.4 Å². The highest BCUT2D eigenvalue weighted by molar-refractivity contribution is 5.85. The number of anilines is 1. The van der Waals surface area contributed by atoms with Crippen LogP contribution in [-0.2, 0) is 16.3 Å². The molecule has 2 aromatic carbocycles. The molecule has 12 heteroatoms. The molecule has 212 valence electrons. The summed E-state index contributed by atoms with van der Waals surface area (Å²) in [5.41, 5.74) is 6.00. The molecule has 0 radical (unpaired) electrons. The van der Waals surface area contributed by atoms with Crippen molar-refractivity contribution in [1.82, 2.24) is 20.4 Å². The molecular formula is C26H40F2N6O4. The van der Waals surface area contributed by atoms with Gasteiger partial charge < -0.3 is 31.5 Å². The number of benzene rings is 2. The van der Waals surface area contributed by atoms with Crippen LogP contribution in [-0.4, -0.2) is 67.0 Å². The zero-order valence-corrected chi connectivity index (χ0v) is 22.6. The zero-order chi connectivity index (χ0) is 29.0. The first-order chi connectivity index (χ1) is 18.1. The number of hydrogen-bond acceptors (Lipinski definition) is 7. The molecule has 1 aliphatic rings. The van der Waals surface area contributed by atoms with Crippen molar-refractivity contribution in [2.45, 2.75) is 45.3 Å². The normalized spacial score (nSPS) is 13.6. The fourth-order valence-electron chi connectivity index (χ4n) is 2.94. The molecule has 38 heavy (non-hydrogen) atoms. The van der Waals surface area contributed by atoms with Crippen LogP contribution in [0.4, 0.5) is 14.5 Å². The van der Waals surface area contributed by atoms with Crippen molar-refractivity contribution in [3.8, 4) is 5.75 Å². The zero-order valence-electron chi connectivity index (χ0n) is 22.6. The van der Waals surface area contributed by atoms with Crippen LogP contribution in [0.1, 0.15) is 26.7 Å². The number of aliphatic hydroxyl groups excluding tert-OH is 1. The van der Waals surface area contributed by atoms with Crippen LogP contribution in [0.25, 0.3) is 10.9 Å². The minimum atomic E-state index is -3.36. The number of fused-ring (bicyclic) bond motifs is 1. The van der Waals surface area contributed by atoms with Crippen LogP contribution in [0.5, 0.6) is 5.75 Å². The molecule has 3 aromatic rings. The highest BCUT2D eigenvalue weighted by Gasteiger charge is 2.28. The topological polar surface area (TPSA) is 144 Å². The largest absolute Gasteiger partial charge is 0.497 e. The molecule has 0 unspecified atom stereocenters. The number of hydrogen-bond donors (Lipinski definition) is 5. The van der Waals surface area contributed by atoms with Gasteiger partial charge in [-0.1, -0.05) is 18.2 Å². The Labute approximate surface area is 222 Å². The Kier molecular flexibility index (Phi) is 17.6. The Bertz CT molecular complexity index is 1040. The smallest absolute Gasteiger partial charge is 0.321 e. The molecule has 6 N–H and O–H groups in total. The maximum Gasteiger partial charge on any atom is 0.321 e. The van der Waals surface area contributed by atoms with Crippen LogP contribution in [0.3, 0.4) is 0 Å². The van der Waals surface area contributed by atoms with E-state index in [1.807, 2.05) is 60.3 Å². The number of nitrogens with two attached hydrogens (primary N) is 1. The Balaban J connectivity index is 0.000000507. The van der Waals surface area contributed by atoms with E-state index < -0.39 is 11.8 Å². The lowest BCUT2D eigenvalue weighted by molar-refractivity contribution is -0.139. The number of aliphatic hydroxyl groups is 1. The molecule has 0 bridgehead atoms. The summed E-state index contributed by atoms with van der Waals surface area (Å²) in [5, 5.41) is 21.2. The van der Waals surface area contributed by atoms with Crippen LogP contribution >= 0.6 is 0 Å². The van der Waals surface area contributed by atoms with Crippen LogP contribution < -0.4 is 26.4 Å². The van der Waals surface area contributed by atoms with Gasteiger partial charge >= 0.3 is 5.92 Å². The number of nitrogens with zero attached hydrogens (tertiary/aromatic N) is 2. The first kappa shape index (κ1) is 34.4. The molecule has 0 aliphatic carbocycles. The molecular weight excluding hydrogens is 498 g/mol. The number of halogens is 2. The maximum atomic E-state index is 11.4. The second kappa shape index (κ2) is 19.5. The van der Waals surface area contributed by atoms with Crippen LogP contribution in [0.2, 0.25) is 0 Å². The maximum absolute atomic E-state index is 11.4. The number of carbonyl (C=O) groups excluding carboxylic acids is 2. The van der Waals surface area contributed by atoms with Gasteiger partial charge in [0.2, 0.25) is 6.41 Å². The third-order valence-corrected chi connectivity index (χ3v) is 4.89. The molecule has 2 heterocycles. The summed E-state index contributed by atoms with van der Waals surface area (Å²) < 4.78 is 29.5. The van der Waals surface area contributed by atoms with Crippen molar-refractivity contribution in [2.24, 2.45) is 5.73 Å². The molecule has 1 aliphatic heterocycles. The highest BCUT2D eigenvalue weighted by Crippen LogP contribution is 2.18. The standard InChI is InChI=1S/C10H12N4O.C7H8O.C5H11N.C3H5F2NO.CH4O/c1-11-6-14-10-3-2-9(12-7-15)4-8(10)5-13-14;1-8-7-5-3-2-4-6-7;1-5-3-2-4-6-5;1-3(4,5)2(6)7;1-2/h2-5,7,11H,6H2,1H3,(H,12,15);2-6H,1H3;5-6H,2-4H2,1H3;1H3,(H2,6,7);2H,1H3/t;;5-;;/m..1../s1. The van der Waals surface area contributed by atoms with E-state index in [1.165, 1.54) is 19.4 Å². The minimum absolute atomic E-state index is 0.454. The van der Waals surface area contributed by atoms with Crippen molar-refractivity contribution >= 4 is 28.9 Å². The molecule has 10 nitrogen and oxygen atoms in total. The highest BCUT2D eigenvalue weighted by atomic mass is 19.3. The van der Waals surface area contributed by atoms with Crippen molar-refractivity contribution in [2.75, 3.05) is 33.1 Å². The van der Waals surface area contributed by atoms with E-state index in [-0.39, 0.29) is 0 Å². The number of aromatic nitrogens is 2. The first-order valence-corrected chi connectivity index (χ1v) is 11.9. The van der Waals surface area contributed by atoms with Gasteiger partial charge in [-0.15, -0.1) is 0 Å². The Hall–Kier alpha value is -3.61. The Morgan fingerprint density at radius 3 is 2.32 bits per heavy atom. The van der Waals surface area contributed by atoms with Gasteiger partial charge in [-0.05, 0) is 63.7 Å². The number of alkyl halides is 2. The minimum Gasteiger partial charge on any atom is -0.497 e. The van der Waals surface area contributed by atoms with Crippen molar-refractivity contribution in [1.29, 1.82) is 0 Å². The van der Waals surface area contributed by atoms with Gasteiger partial charge in [0.25, 0.3) is 5.91 Å². The summed E-state index contributed by atoms with van der Waals surface area (Å²) in [6.45, 7) is 4.59. The second-order valence-corrected chi connectivity index (χ2v) is 7.96. The number of carbonyl (C=O) groups is 2. The number of amides is 2. The SMILES string of the molecule is CC(F)(F)C(N)=O.CNCn1ncc2cc(NC=O)ccc21.CO.COc1ccccc1.C[C@@H]1CCCN1. The monoisotopic (exact) mass is 538 g/mol. The van der Waals surface area contributed by atoms with E-state index in [2.05, 4.69) is 33.7 Å². The van der Waals surface area contributed by atoms with E-state index in [0.717, 1.165) is 35.5 Å². The molecule has 0 saturated carbocycles. The van der Waals surface area contributed by atoms with Gasteiger partial charge in [0.1, 0.15) is 5.75 Å². The predicted octanol–water partition coefficient (Wildman–Crippen LogP) is 2.97.